The van der Waals surface area contributed by atoms with Crippen LogP contribution in [0.4, 0.5) is 11.4 Å². The van der Waals surface area contributed by atoms with Crippen LogP contribution >= 0.6 is 0 Å². The van der Waals surface area contributed by atoms with Crippen molar-refractivity contribution >= 4 is 34.5 Å². The number of non-ortho nitro benzene ring substituents is 1. The molecule has 3 heterocycles. The Bertz CT molecular complexity index is 1250. The maximum absolute atomic E-state index is 13.9. The fraction of sp³-hybridized carbons (Fsp3) is 0.346. The Kier molecular flexibility index (Phi) is 5.11. The highest BCUT2D eigenvalue weighted by atomic mass is 16.6. The highest BCUT2D eigenvalue weighted by Gasteiger charge is 2.64. The molecule has 2 aromatic rings. The Labute approximate surface area is 197 Å². The van der Waals surface area contributed by atoms with Crippen LogP contribution in [0.3, 0.4) is 0 Å². The number of hydrogen-bond donors (Lipinski definition) is 0. The van der Waals surface area contributed by atoms with Gasteiger partial charge in [-0.05, 0) is 44.0 Å². The van der Waals surface area contributed by atoms with Gasteiger partial charge in [-0.25, -0.2) is 0 Å². The summed E-state index contributed by atoms with van der Waals surface area (Å²) >= 11 is 0. The van der Waals surface area contributed by atoms with E-state index in [1.54, 1.807) is 0 Å². The van der Waals surface area contributed by atoms with E-state index in [1.165, 1.54) is 29.2 Å². The van der Waals surface area contributed by atoms with E-state index >= 15 is 0 Å². The Morgan fingerprint density at radius 2 is 1.71 bits per heavy atom. The Morgan fingerprint density at radius 3 is 2.35 bits per heavy atom. The maximum Gasteiger partial charge on any atom is 0.269 e. The molecule has 0 unspecified atom stereocenters. The molecule has 0 aliphatic carbocycles. The van der Waals surface area contributed by atoms with Crippen LogP contribution < -0.4 is 4.90 Å². The van der Waals surface area contributed by atoms with Gasteiger partial charge < -0.3 is 4.90 Å². The summed E-state index contributed by atoms with van der Waals surface area (Å²) in [6.45, 7) is 5.75. The van der Waals surface area contributed by atoms with E-state index in [0.29, 0.717) is 6.42 Å². The zero-order valence-corrected chi connectivity index (χ0v) is 19.2. The molecule has 3 aliphatic rings. The molecule has 0 bridgehead atoms. The van der Waals surface area contributed by atoms with Crippen LogP contribution in [0.2, 0.25) is 0 Å². The molecule has 174 valence electrons. The monoisotopic (exact) mass is 459 g/mol. The standard InChI is InChI=1S/C26H25N3O5/c1-4-15(3)27-25(31)21-20-13-14(2)18-7-5-6-8-19(18)28(20)23(22(21)26(27)32)24(30)16-9-11-17(12-10-16)29(33)34/h5-13,15,20-23H,4H2,1-3H3/t15-,20-,21+,22+,23-/m0/s1. The molecule has 8 nitrogen and oxygen atoms in total. The first-order valence-corrected chi connectivity index (χ1v) is 11.5. The average molecular weight is 460 g/mol. The number of nitrogens with zero attached hydrogens (tertiary/aromatic N) is 3. The molecule has 0 N–H and O–H groups in total. The number of amides is 2. The second kappa shape index (κ2) is 7.90. The van der Waals surface area contributed by atoms with Gasteiger partial charge in [-0.15, -0.1) is 0 Å². The first kappa shape index (κ1) is 22.0. The van der Waals surface area contributed by atoms with Crippen molar-refractivity contribution in [1.82, 2.24) is 4.90 Å². The molecule has 0 saturated carbocycles. The molecule has 5 rings (SSSR count). The number of carbonyl (C=O) groups is 3. The Morgan fingerprint density at radius 1 is 1.06 bits per heavy atom. The van der Waals surface area contributed by atoms with E-state index in [0.717, 1.165) is 16.8 Å². The third-order valence-corrected chi connectivity index (χ3v) is 7.45. The van der Waals surface area contributed by atoms with Crippen LogP contribution in [0.5, 0.6) is 0 Å². The van der Waals surface area contributed by atoms with Crippen LogP contribution in [-0.4, -0.2) is 45.5 Å². The van der Waals surface area contributed by atoms with E-state index in [9.17, 15) is 24.5 Å². The molecular weight excluding hydrogens is 434 g/mol. The number of hydrogen-bond acceptors (Lipinski definition) is 6. The predicted molar refractivity (Wildman–Crippen MR) is 126 cm³/mol. The van der Waals surface area contributed by atoms with E-state index in [-0.39, 0.29) is 34.9 Å². The summed E-state index contributed by atoms with van der Waals surface area (Å²) in [5, 5.41) is 11.1. The molecule has 34 heavy (non-hydrogen) atoms. The van der Waals surface area contributed by atoms with Crippen LogP contribution in [0.1, 0.15) is 43.1 Å². The number of carbonyl (C=O) groups excluding carboxylic acids is 3. The number of ketones is 1. The van der Waals surface area contributed by atoms with Crippen LogP contribution in [0, 0.1) is 22.0 Å². The molecule has 2 aromatic carbocycles. The second-order valence-corrected chi connectivity index (χ2v) is 9.23. The van der Waals surface area contributed by atoms with Gasteiger partial charge in [-0.3, -0.25) is 29.4 Å². The van der Waals surface area contributed by atoms with Crippen molar-refractivity contribution in [3.8, 4) is 0 Å². The van der Waals surface area contributed by atoms with Crippen molar-refractivity contribution in [1.29, 1.82) is 0 Å². The molecule has 0 radical (unpaired) electrons. The fourth-order valence-electron chi connectivity index (χ4n) is 5.66. The van der Waals surface area contributed by atoms with Gasteiger partial charge in [-0.2, -0.15) is 0 Å². The highest BCUT2D eigenvalue weighted by Crippen LogP contribution is 2.50. The van der Waals surface area contributed by atoms with Gasteiger partial charge in [0, 0.05) is 35.0 Å². The summed E-state index contributed by atoms with van der Waals surface area (Å²) in [4.78, 5) is 54.9. The van der Waals surface area contributed by atoms with Crippen molar-refractivity contribution in [3.05, 3.63) is 75.8 Å². The molecular formula is C26H25N3O5. The molecule has 2 fully saturated rings. The lowest BCUT2D eigenvalue weighted by atomic mass is 9.85. The molecule has 2 saturated heterocycles. The van der Waals surface area contributed by atoms with Gasteiger partial charge in [0.15, 0.2) is 5.78 Å². The fourth-order valence-corrected chi connectivity index (χ4v) is 5.66. The summed E-state index contributed by atoms with van der Waals surface area (Å²) in [6.07, 6.45) is 2.62. The summed E-state index contributed by atoms with van der Waals surface area (Å²) in [5.74, 6) is -2.34. The summed E-state index contributed by atoms with van der Waals surface area (Å²) in [5.41, 5.74) is 2.94. The third-order valence-electron chi connectivity index (χ3n) is 7.45. The van der Waals surface area contributed by atoms with Crippen LogP contribution in [0.15, 0.2) is 54.6 Å². The third kappa shape index (κ3) is 3.01. The quantitative estimate of drug-likeness (QED) is 0.291. The number of nitro groups is 1. The first-order chi connectivity index (χ1) is 16.3. The number of likely N-dealkylation sites (tertiary alicyclic amines) is 1. The number of imide groups is 1. The van der Waals surface area contributed by atoms with Crippen molar-refractivity contribution in [2.24, 2.45) is 11.8 Å². The van der Waals surface area contributed by atoms with Gasteiger partial charge >= 0.3 is 0 Å². The van der Waals surface area contributed by atoms with Crippen molar-refractivity contribution < 1.29 is 19.3 Å². The number of nitro benzene ring substituents is 1. The second-order valence-electron chi connectivity index (χ2n) is 9.23. The molecule has 8 heteroatoms. The predicted octanol–water partition coefficient (Wildman–Crippen LogP) is 3.85. The van der Waals surface area contributed by atoms with Crippen LogP contribution in [-0.2, 0) is 9.59 Å². The molecule has 3 aliphatic heterocycles. The molecule has 2 amide bonds. The smallest absolute Gasteiger partial charge is 0.269 e. The van der Waals surface area contributed by atoms with Crippen molar-refractivity contribution in [2.45, 2.75) is 45.3 Å². The molecule has 0 spiro atoms. The largest absolute Gasteiger partial charge is 0.352 e. The van der Waals surface area contributed by atoms with Gasteiger partial charge in [-0.1, -0.05) is 31.2 Å². The van der Waals surface area contributed by atoms with Gasteiger partial charge in [0.1, 0.15) is 6.04 Å². The minimum Gasteiger partial charge on any atom is -0.352 e. The zero-order valence-electron chi connectivity index (χ0n) is 19.2. The van der Waals surface area contributed by atoms with Crippen molar-refractivity contribution in [2.75, 3.05) is 4.90 Å². The van der Waals surface area contributed by atoms with E-state index < -0.39 is 28.8 Å². The topological polar surface area (TPSA) is 101 Å². The van der Waals surface area contributed by atoms with Gasteiger partial charge in [0.2, 0.25) is 11.8 Å². The number of allylic oxidation sites excluding steroid dienone is 1. The zero-order chi connectivity index (χ0) is 24.3. The normalized spacial score (nSPS) is 26.0. The highest BCUT2D eigenvalue weighted by molar-refractivity contribution is 6.14. The number of Topliss-reactive ketones (excluding diaryl/α,β-unsaturated/α-hetero) is 1. The van der Waals surface area contributed by atoms with E-state index in [1.807, 2.05) is 56.0 Å². The van der Waals surface area contributed by atoms with Crippen LogP contribution in [0.25, 0.3) is 5.57 Å². The Hall–Kier alpha value is -3.81. The van der Waals surface area contributed by atoms with Gasteiger partial charge in [0.05, 0.1) is 22.8 Å². The molecule has 0 aromatic heterocycles. The number of fused-ring (bicyclic) bond motifs is 5. The number of anilines is 1. The first-order valence-electron chi connectivity index (χ1n) is 11.5. The minimum absolute atomic E-state index is 0.115. The average Bonchev–Trinajstić information content (AvgIpc) is 3.31. The number of para-hydroxylation sites is 1. The summed E-state index contributed by atoms with van der Waals surface area (Å²) < 4.78 is 0. The summed E-state index contributed by atoms with van der Waals surface area (Å²) in [7, 11) is 0. The number of rotatable bonds is 5. The maximum atomic E-state index is 13.9. The lowest BCUT2D eigenvalue weighted by Gasteiger charge is -2.38. The lowest BCUT2D eigenvalue weighted by Crippen LogP contribution is -2.50. The van der Waals surface area contributed by atoms with Gasteiger partial charge in [0.25, 0.3) is 5.69 Å². The number of benzene rings is 2. The Balaban J connectivity index is 1.65. The molecule has 5 atom stereocenters. The van der Waals surface area contributed by atoms with Crippen molar-refractivity contribution in [3.63, 3.8) is 0 Å². The lowest BCUT2D eigenvalue weighted by molar-refractivity contribution is -0.384. The summed E-state index contributed by atoms with van der Waals surface area (Å²) in [6, 6.07) is 11.6. The van der Waals surface area contributed by atoms with E-state index in [4.69, 9.17) is 0 Å². The SMILES string of the molecule is CC[C@H](C)N1C(=O)[C@@H]2[C@H](C1=O)[C@@H]1C=C(C)c3ccccc3N1[C@@H]2C(=O)c1ccc([N+](=O)[O-])cc1. The van der Waals surface area contributed by atoms with E-state index in [2.05, 4.69) is 0 Å². The minimum atomic E-state index is -0.882.